The minimum absolute atomic E-state index is 0.276. The van der Waals surface area contributed by atoms with Crippen molar-refractivity contribution in [3.8, 4) is 12.3 Å². The SMILES string of the molecule is C#CCCC(c1ccccc1)C(C)(C)C. The van der Waals surface area contributed by atoms with Crippen molar-refractivity contribution >= 4 is 0 Å². The van der Waals surface area contributed by atoms with E-state index in [1.54, 1.807) is 0 Å². The summed E-state index contributed by atoms with van der Waals surface area (Å²) in [5.74, 6) is 3.29. The van der Waals surface area contributed by atoms with E-state index in [0.717, 1.165) is 12.8 Å². The van der Waals surface area contributed by atoms with Crippen LogP contribution < -0.4 is 0 Å². The van der Waals surface area contributed by atoms with Crippen LogP contribution in [0.25, 0.3) is 0 Å². The highest BCUT2D eigenvalue weighted by Crippen LogP contribution is 2.38. The van der Waals surface area contributed by atoms with E-state index in [4.69, 9.17) is 6.42 Å². The largest absolute Gasteiger partial charge is 0.120 e. The van der Waals surface area contributed by atoms with Crippen LogP contribution in [0.2, 0.25) is 0 Å². The summed E-state index contributed by atoms with van der Waals surface area (Å²) in [6, 6.07) is 10.7. The average molecular weight is 200 g/mol. The lowest BCUT2D eigenvalue weighted by Gasteiger charge is -2.30. The highest BCUT2D eigenvalue weighted by atomic mass is 14.3. The van der Waals surface area contributed by atoms with Crippen LogP contribution in [0.3, 0.4) is 0 Å². The number of rotatable bonds is 3. The smallest absolute Gasteiger partial charge is 0.00920 e. The molecule has 0 heteroatoms. The Balaban J connectivity index is 2.88. The molecule has 80 valence electrons. The highest BCUT2D eigenvalue weighted by molar-refractivity contribution is 5.21. The molecule has 0 amide bonds. The quantitative estimate of drug-likeness (QED) is 0.640. The van der Waals surface area contributed by atoms with Gasteiger partial charge in [-0.3, -0.25) is 0 Å². The molecule has 1 rings (SSSR count). The van der Waals surface area contributed by atoms with Crippen LogP contribution in [0.5, 0.6) is 0 Å². The third kappa shape index (κ3) is 3.44. The van der Waals surface area contributed by atoms with Gasteiger partial charge in [-0.05, 0) is 23.3 Å². The summed E-state index contributed by atoms with van der Waals surface area (Å²) in [4.78, 5) is 0. The molecule has 0 aliphatic rings. The van der Waals surface area contributed by atoms with E-state index in [-0.39, 0.29) is 5.41 Å². The first-order valence-corrected chi connectivity index (χ1v) is 5.54. The maximum atomic E-state index is 5.35. The van der Waals surface area contributed by atoms with Crippen LogP contribution in [-0.2, 0) is 0 Å². The number of benzene rings is 1. The van der Waals surface area contributed by atoms with Gasteiger partial charge >= 0.3 is 0 Å². The molecule has 0 saturated carbocycles. The van der Waals surface area contributed by atoms with Gasteiger partial charge < -0.3 is 0 Å². The Labute approximate surface area is 93.7 Å². The molecule has 0 aliphatic carbocycles. The third-order valence-electron chi connectivity index (χ3n) is 2.82. The summed E-state index contributed by atoms with van der Waals surface area (Å²) in [6.45, 7) is 6.84. The molecule has 1 unspecified atom stereocenters. The monoisotopic (exact) mass is 200 g/mol. The molecule has 0 bridgehead atoms. The number of hydrogen-bond acceptors (Lipinski definition) is 0. The first-order chi connectivity index (χ1) is 7.05. The van der Waals surface area contributed by atoms with Gasteiger partial charge in [0.15, 0.2) is 0 Å². The molecule has 1 aromatic rings. The molecule has 0 fully saturated rings. The molecular weight excluding hydrogens is 180 g/mol. The molecule has 0 nitrogen and oxygen atoms in total. The van der Waals surface area contributed by atoms with E-state index in [2.05, 4.69) is 57.0 Å². The van der Waals surface area contributed by atoms with Crippen molar-refractivity contribution in [1.82, 2.24) is 0 Å². The lowest BCUT2D eigenvalue weighted by Crippen LogP contribution is -2.18. The van der Waals surface area contributed by atoms with E-state index in [1.165, 1.54) is 5.56 Å². The van der Waals surface area contributed by atoms with Crippen LogP contribution in [0, 0.1) is 17.8 Å². The van der Waals surface area contributed by atoms with Crippen molar-refractivity contribution in [2.75, 3.05) is 0 Å². The first kappa shape index (κ1) is 11.9. The zero-order chi connectivity index (χ0) is 11.3. The van der Waals surface area contributed by atoms with E-state index in [9.17, 15) is 0 Å². The lowest BCUT2D eigenvalue weighted by atomic mass is 9.74. The first-order valence-electron chi connectivity index (χ1n) is 5.54. The van der Waals surface area contributed by atoms with Crippen molar-refractivity contribution in [3.05, 3.63) is 35.9 Å². The summed E-state index contributed by atoms with van der Waals surface area (Å²) in [6.07, 6.45) is 7.28. The molecule has 15 heavy (non-hydrogen) atoms. The number of terminal acetylenes is 1. The molecule has 0 aromatic heterocycles. The minimum atomic E-state index is 0.276. The zero-order valence-corrected chi connectivity index (χ0v) is 9.96. The predicted octanol–water partition coefficient (Wildman–Crippen LogP) is 4.23. The molecule has 0 heterocycles. The van der Waals surface area contributed by atoms with E-state index in [1.807, 2.05) is 0 Å². The molecule has 1 aromatic carbocycles. The van der Waals surface area contributed by atoms with Gasteiger partial charge in [0.1, 0.15) is 0 Å². The third-order valence-corrected chi connectivity index (χ3v) is 2.82. The molecule has 0 aliphatic heterocycles. The topological polar surface area (TPSA) is 0 Å². The lowest BCUT2D eigenvalue weighted by molar-refractivity contribution is 0.307. The van der Waals surface area contributed by atoms with E-state index < -0.39 is 0 Å². The molecule has 1 atom stereocenters. The molecule has 0 N–H and O–H groups in total. The fourth-order valence-electron chi connectivity index (χ4n) is 2.01. The molecule has 0 radical (unpaired) electrons. The second kappa shape index (κ2) is 5.03. The van der Waals surface area contributed by atoms with Gasteiger partial charge in [0, 0.05) is 6.42 Å². The summed E-state index contributed by atoms with van der Waals surface area (Å²) < 4.78 is 0. The average Bonchev–Trinajstić information content (AvgIpc) is 2.18. The fraction of sp³-hybridized carbons (Fsp3) is 0.467. The van der Waals surface area contributed by atoms with E-state index >= 15 is 0 Å². The molecule has 0 saturated heterocycles. The maximum absolute atomic E-state index is 5.35. The summed E-state index contributed by atoms with van der Waals surface area (Å²) in [5.41, 5.74) is 1.68. The Kier molecular flexibility index (Phi) is 3.97. The van der Waals surface area contributed by atoms with Crippen LogP contribution >= 0.6 is 0 Å². The predicted molar refractivity (Wildman–Crippen MR) is 66.7 cm³/mol. The standard InChI is InChI=1S/C15H20/c1-5-6-12-14(15(2,3)4)13-10-8-7-9-11-13/h1,7-11,14H,6,12H2,2-4H3. The van der Waals surface area contributed by atoms with Gasteiger partial charge in [-0.1, -0.05) is 51.1 Å². The van der Waals surface area contributed by atoms with Gasteiger partial charge in [0.2, 0.25) is 0 Å². The fourth-order valence-corrected chi connectivity index (χ4v) is 2.01. The second-order valence-corrected chi connectivity index (χ2v) is 5.07. The van der Waals surface area contributed by atoms with Gasteiger partial charge in [-0.2, -0.15) is 0 Å². The second-order valence-electron chi connectivity index (χ2n) is 5.07. The van der Waals surface area contributed by atoms with Gasteiger partial charge in [-0.15, -0.1) is 12.3 Å². The van der Waals surface area contributed by atoms with Crippen molar-refractivity contribution in [1.29, 1.82) is 0 Å². The Morgan fingerprint density at radius 1 is 1.20 bits per heavy atom. The maximum Gasteiger partial charge on any atom is 0.00920 e. The Morgan fingerprint density at radius 3 is 2.27 bits per heavy atom. The molecule has 0 spiro atoms. The van der Waals surface area contributed by atoms with Gasteiger partial charge in [0.05, 0.1) is 0 Å². The van der Waals surface area contributed by atoms with Crippen molar-refractivity contribution < 1.29 is 0 Å². The summed E-state index contributed by atoms with van der Waals surface area (Å²) in [7, 11) is 0. The van der Waals surface area contributed by atoms with Crippen molar-refractivity contribution in [3.63, 3.8) is 0 Å². The van der Waals surface area contributed by atoms with Crippen molar-refractivity contribution in [2.24, 2.45) is 5.41 Å². The normalized spacial score (nSPS) is 13.2. The Bertz CT molecular complexity index is 321. The summed E-state index contributed by atoms with van der Waals surface area (Å²) >= 11 is 0. The highest BCUT2D eigenvalue weighted by Gasteiger charge is 2.25. The van der Waals surface area contributed by atoms with Gasteiger partial charge in [0.25, 0.3) is 0 Å². The summed E-state index contributed by atoms with van der Waals surface area (Å²) in [5, 5.41) is 0. The van der Waals surface area contributed by atoms with Crippen molar-refractivity contribution in [2.45, 2.75) is 39.5 Å². The van der Waals surface area contributed by atoms with Crippen LogP contribution in [0.1, 0.15) is 45.1 Å². The van der Waals surface area contributed by atoms with Crippen LogP contribution in [0.15, 0.2) is 30.3 Å². The van der Waals surface area contributed by atoms with E-state index in [0.29, 0.717) is 5.92 Å². The zero-order valence-electron chi connectivity index (χ0n) is 9.96. The Hall–Kier alpha value is -1.22. The molecular formula is C15H20. The number of hydrogen-bond donors (Lipinski definition) is 0. The van der Waals surface area contributed by atoms with Gasteiger partial charge in [-0.25, -0.2) is 0 Å². The minimum Gasteiger partial charge on any atom is -0.120 e. The Morgan fingerprint density at radius 2 is 1.80 bits per heavy atom. The van der Waals surface area contributed by atoms with Crippen LogP contribution in [-0.4, -0.2) is 0 Å². The van der Waals surface area contributed by atoms with Crippen LogP contribution in [0.4, 0.5) is 0 Å².